The maximum atomic E-state index is 14.1. The molecule has 0 aliphatic heterocycles. The molecule has 0 aliphatic carbocycles. The maximum absolute atomic E-state index is 14.1. The number of benzene rings is 2. The highest BCUT2D eigenvalue weighted by molar-refractivity contribution is 5.29. The molecular weight excluding hydrogens is 327 g/mol. The van der Waals surface area contributed by atoms with Gasteiger partial charge in [0.25, 0.3) is 0 Å². The van der Waals surface area contributed by atoms with Crippen molar-refractivity contribution in [2.75, 3.05) is 0 Å². The quantitative estimate of drug-likeness (QED) is 0.480. The van der Waals surface area contributed by atoms with Gasteiger partial charge >= 0.3 is 6.11 Å². The van der Waals surface area contributed by atoms with E-state index in [1.165, 1.54) is 6.07 Å². The van der Waals surface area contributed by atoms with Crippen molar-refractivity contribution in [2.45, 2.75) is 25.9 Å². The second-order valence-corrected chi connectivity index (χ2v) is 5.12. The van der Waals surface area contributed by atoms with Gasteiger partial charge in [-0.2, -0.15) is 8.78 Å². The van der Waals surface area contributed by atoms with Crippen molar-refractivity contribution in [1.29, 1.82) is 0 Å². The Hall–Kier alpha value is -2.37. The average Bonchev–Trinajstić information content (AvgIpc) is 2.51. The van der Waals surface area contributed by atoms with Crippen LogP contribution in [0.4, 0.5) is 22.0 Å². The maximum Gasteiger partial charge on any atom is 0.429 e. The number of ether oxygens (including phenoxy) is 1. The second-order valence-electron chi connectivity index (χ2n) is 5.12. The van der Waals surface area contributed by atoms with Gasteiger partial charge in [-0.3, -0.25) is 0 Å². The monoisotopic (exact) mass is 342 g/mol. The van der Waals surface area contributed by atoms with E-state index in [1.807, 2.05) is 19.1 Å². The fourth-order valence-electron chi connectivity index (χ4n) is 2.11. The highest BCUT2D eigenvalue weighted by Crippen LogP contribution is 2.34. The molecule has 0 aliphatic rings. The summed E-state index contributed by atoms with van der Waals surface area (Å²) in [6.07, 6.45) is 0.880. The Labute approximate surface area is 136 Å². The third kappa shape index (κ3) is 4.34. The van der Waals surface area contributed by atoms with E-state index in [0.29, 0.717) is 30.5 Å². The first-order chi connectivity index (χ1) is 11.3. The first-order valence-electron chi connectivity index (χ1n) is 7.25. The van der Waals surface area contributed by atoms with Gasteiger partial charge in [0, 0.05) is 6.07 Å². The molecule has 2 rings (SSSR count). The number of alkyl halides is 2. The fraction of sp³-hybridized carbons (Fsp3) is 0.222. The first kappa shape index (κ1) is 18.0. The lowest BCUT2D eigenvalue weighted by Crippen LogP contribution is -2.23. The number of aryl methyl sites for hydroxylation is 1. The van der Waals surface area contributed by atoms with Gasteiger partial charge in [0.1, 0.15) is 11.6 Å². The molecule has 0 radical (unpaired) electrons. The zero-order valence-electron chi connectivity index (χ0n) is 12.8. The molecule has 0 unspecified atom stereocenters. The van der Waals surface area contributed by atoms with E-state index in [2.05, 4.69) is 4.74 Å². The third-order valence-electron chi connectivity index (χ3n) is 3.32. The molecule has 2 aromatic rings. The summed E-state index contributed by atoms with van der Waals surface area (Å²) in [5.74, 6) is -4.25. The van der Waals surface area contributed by atoms with E-state index in [-0.39, 0.29) is 0 Å². The predicted molar refractivity (Wildman–Crippen MR) is 80.4 cm³/mol. The highest BCUT2D eigenvalue weighted by Gasteiger charge is 2.37. The molecular formula is C18H15F5O. The minimum absolute atomic E-state index is 0.479. The Bertz CT molecular complexity index is 740. The molecule has 0 N–H and O–H groups in total. The summed E-state index contributed by atoms with van der Waals surface area (Å²) in [5, 5.41) is 0. The summed E-state index contributed by atoms with van der Waals surface area (Å²) in [6, 6.07) is 5.30. The topological polar surface area (TPSA) is 9.23 Å². The minimum Gasteiger partial charge on any atom is -0.429 e. The van der Waals surface area contributed by atoms with Crippen LogP contribution >= 0.6 is 0 Å². The summed E-state index contributed by atoms with van der Waals surface area (Å²) >= 11 is 0. The van der Waals surface area contributed by atoms with Crippen molar-refractivity contribution in [3.05, 3.63) is 77.1 Å². The van der Waals surface area contributed by atoms with E-state index in [0.717, 1.165) is 18.2 Å². The van der Waals surface area contributed by atoms with E-state index < -0.39 is 34.9 Å². The summed E-state index contributed by atoms with van der Waals surface area (Å²) in [6.45, 7) is 1.85. The third-order valence-corrected chi connectivity index (χ3v) is 3.32. The van der Waals surface area contributed by atoms with Crippen molar-refractivity contribution < 1.29 is 26.7 Å². The average molecular weight is 342 g/mol. The molecule has 0 amide bonds. The Balaban J connectivity index is 2.20. The van der Waals surface area contributed by atoms with Crippen LogP contribution in [0.15, 0.2) is 48.6 Å². The number of hydrogen-bond acceptors (Lipinski definition) is 1. The van der Waals surface area contributed by atoms with Gasteiger partial charge in [0.05, 0.1) is 5.56 Å². The Morgan fingerprint density at radius 1 is 0.958 bits per heavy atom. The van der Waals surface area contributed by atoms with Gasteiger partial charge in [0.15, 0.2) is 11.6 Å². The molecule has 0 fully saturated rings. The van der Waals surface area contributed by atoms with E-state index in [9.17, 15) is 22.0 Å². The van der Waals surface area contributed by atoms with Crippen LogP contribution in [0.2, 0.25) is 0 Å². The van der Waals surface area contributed by atoms with Crippen LogP contribution in [-0.4, -0.2) is 0 Å². The van der Waals surface area contributed by atoms with Gasteiger partial charge < -0.3 is 4.74 Å². The first-order valence-corrected chi connectivity index (χ1v) is 7.25. The van der Waals surface area contributed by atoms with Gasteiger partial charge in [-0.15, -0.1) is 0 Å². The van der Waals surface area contributed by atoms with Crippen LogP contribution in [0.3, 0.4) is 0 Å². The van der Waals surface area contributed by atoms with E-state index >= 15 is 0 Å². The molecule has 6 heteroatoms. The Morgan fingerprint density at radius 3 is 2.33 bits per heavy atom. The Morgan fingerprint density at radius 2 is 1.71 bits per heavy atom. The summed E-state index contributed by atoms with van der Waals surface area (Å²) < 4.78 is 72.4. The number of rotatable bonds is 6. The van der Waals surface area contributed by atoms with E-state index in [1.54, 1.807) is 0 Å². The molecule has 1 nitrogen and oxygen atoms in total. The van der Waals surface area contributed by atoms with E-state index in [4.69, 9.17) is 0 Å². The van der Waals surface area contributed by atoms with Crippen molar-refractivity contribution in [1.82, 2.24) is 0 Å². The Kier molecular flexibility index (Phi) is 5.59. The smallest absolute Gasteiger partial charge is 0.429 e. The van der Waals surface area contributed by atoms with Gasteiger partial charge in [0.2, 0.25) is 0 Å². The summed E-state index contributed by atoms with van der Waals surface area (Å²) in [4.78, 5) is 0. The molecule has 0 atom stereocenters. The van der Waals surface area contributed by atoms with Crippen molar-refractivity contribution in [3.8, 4) is 5.75 Å². The van der Waals surface area contributed by atoms with Crippen molar-refractivity contribution in [3.63, 3.8) is 0 Å². The van der Waals surface area contributed by atoms with Crippen LogP contribution in [0.25, 0.3) is 0 Å². The number of halogens is 5. The SMILES string of the molecule is CC=CCCc1ccc(C(F)(F)Oc2ccc(F)c(F)c2)c(F)c1. The largest absolute Gasteiger partial charge is 0.429 e. The predicted octanol–water partition coefficient (Wildman–Crippen LogP) is 5.74. The summed E-state index contributed by atoms with van der Waals surface area (Å²) in [5.41, 5.74) is -0.403. The molecule has 0 saturated carbocycles. The van der Waals surface area contributed by atoms with Crippen molar-refractivity contribution in [2.24, 2.45) is 0 Å². The van der Waals surface area contributed by atoms with Gasteiger partial charge in [-0.1, -0.05) is 18.2 Å². The molecule has 0 heterocycles. The summed E-state index contributed by atoms with van der Waals surface area (Å²) in [7, 11) is 0. The minimum atomic E-state index is -4.02. The lowest BCUT2D eigenvalue weighted by molar-refractivity contribution is -0.187. The normalized spacial score (nSPS) is 11.9. The molecule has 0 saturated heterocycles. The molecule has 0 spiro atoms. The molecule has 2 aromatic carbocycles. The lowest BCUT2D eigenvalue weighted by Gasteiger charge is -2.19. The van der Waals surface area contributed by atoms with Crippen LogP contribution in [0.1, 0.15) is 24.5 Å². The van der Waals surface area contributed by atoms with Crippen LogP contribution in [0.5, 0.6) is 5.75 Å². The van der Waals surface area contributed by atoms with Gasteiger partial charge in [-0.05, 0) is 49.6 Å². The highest BCUT2D eigenvalue weighted by atomic mass is 19.3. The number of hydrogen-bond donors (Lipinski definition) is 0. The number of allylic oxidation sites excluding steroid dienone is 2. The van der Waals surface area contributed by atoms with Crippen LogP contribution in [-0.2, 0) is 12.5 Å². The zero-order valence-corrected chi connectivity index (χ0v) is 12.8. The standard InChI is InChI=1S/C18H15F5O/c1-2-3-4-5-12-6-8-14(16(20)10-12)18(22,23)24-13-7-9-15(19)17(21)11-13/h2-3,6-11H,4-5H2,1H3. The molecule has 128 valence electrons. The second kappa shape index (κ2) is 7.47. The zero-order chi connectivity index (χ0) is 17.7. The molecule has 0 aromatic heterocycles. The van der Waals surface area contributed by atoms with Gasteiger partial charge in [-0.25, -0.2) is 13.2 Å². The lowest BCUT2D eigenvalue weighted by atomic mass is 10.1. The van der Waals surface area contributed by atoms with Crippen molar-refractivity contribution >= 4 is 0 Å². The fourth-order valence-corrected chi connectivity index (χ4v) is 2.11. The molecule has 0 bridgehead atoms. The van der Waals surface area contributed by atoms with Crippen LogP contribution < -0.4 is 4.74 Å². The van der Waals surface area contributed by atoms with Crippen LogP contribution in [0, 0.1) is 17.5 Å². The molecule has 24 heavy (non-hydrogen) atoms.